The van der Waals surface area contributed by atoms with Crippen LogP contribution < -0.4 is 9.47 Å². The standard InChI is InChI=1S/C19H24N2O5S/c1-15-19(4-3-10-20-15)26-17-9-11-21(14-17)27(22,23)18-7-5-16(6-8-18)25-13-12-24-2/h3-8,10,17H,9,11-14H2,1-2H3/t17-/m0/s1. The lowest BCUT2D eigenvalue weighted by Crippen LogP contribution is -2.31. The van der Waals surface area contributed by atoms with Crippen molar-refractivity contribution in [3.05, 3.63) is 48.3 Å². The van der Waals surface area contributed by atoms with Gasteiger partial charge in [-0.25, -0.2) is 8.42 Å². The molecule has 0 N–H and O–H groups in total. The summed E-state index contributed by atoms with van der Waals surface area (Å²) in [7, 11) is -1.96. The molecule has 2 aromatic rings. The molecule has 2 heterocycles. The van der Waals surface area contributed by atoms with Gasteiger partial charge in [0.15, 0.2) is 0 Å². The molecule has 0 bridgehead atoms. The number of hydrogen-bond acceptors (Lipinski definition) is 6. The third-order valence-corrected chi connectivity index (χ3v) is 6.26. The third-order valence-electron chi connectivity index (χ3n) is 4.38. The summed E-state index contributed by atoms with van der Waals surface area (Å²) < 4.78 is 43.5. The van der Waals surface area contributed by atoms with Crippen LogP contribution in [0.4, 0.5) is 0 Å². The highest BCUT2D eigenvalue weighted by Crippen LogP contribution is 2.26. The number of ether oxygens (including phenoxy) is 3. The van der Waals surface area contributed by atoms with E-state index in [-0.39, 0.29) is 11.0 Å². The molecule has 27 heavy (non-hydrogen) atoms. The maximum absolute atomic E-state index is 12.9. The van der Waals surface area contributed by atoms with Crippen LogP contribution >= 0.6 is 0 Å². The van der Waals surface area contributed by atoms with Gasteiger partial charge in [-0.15, -0.1) is 0 Å². The van der Waals surface area contributed by atoms with Gasteiger partial charge in [-0.05, 0) is 49.7 Å². The fourth-order valence-electron chi connectivity index (χ4n) is 2.89. The smallest absolute Gasteiger partial charge is 0.243 e. The van der Waals surface area contributed by atoms with Gasteiger partial charge in [-0.1, -0.05) is 0 Å². The summed E-state index contributed by atoms with van der Waals surface area (Å²) >= 11 is 0. The summed E-state index contributed by atoms with van der Waals surface area (Å²) in [6.07, 6.45) is 2.17. The Morgan fingerprint density at radius 3 is 2.67 bits per heavy atom. The molecule has 0 amide bonds. The normalized spacial score (nSPS) is 17.8. The molecule has 1 atom stereocenters. The van der Waals surface area contributed by atoms with Crippen molar-refractivity contribution in [2.24, 2.45) is 0 Å². The summed E-state index contributed by atoms with van der Waals surface area (Å²) in [4.78, 5) is 4.44. The van der Waals surface area contributed by atoms with Crippen LogP contribution in [0.15, 0.2) is 47.5 Å². The Morgan fingerprint density at radius 1 is 1.19 bits per heavy atom. The maximum Gasteiger partial charge on any atom is 0.243 e. The molecule has 1 aromatic carbocycles. The summed E-state index contributed by atoms with van der Waals surface area (Å²) in [6.45, 7) is 3.52. The molecule has 8 heteroatoms. The van der Waals surface area contributed by atoms with Crippen molar-refractivity contribution >= 4 is 10.0 Å². The van der Waals surface area contributed by atoms with Crippen LogP contribution in [0.3, 0.4) is 0 Å². The monoisotopic (exact) mass is 392 g/mol. The molecule has 0 radical (unpaired) electrons. The van der Waals surface area contributed by atoms with Crippen LogP contribution in [0.2, 0.25) is 0 Å². The van der Waals surface area contributed by atoms with Crippen molar-refractivity contribution in [1.29, 1.82) is 0 Å². The molecular formula is C19H24N2O5S. The number of nitrogens with zero attached hydrogens (tertiary/aromatic N) is 2. The Bertz CT molecular complexity index is 855. The Balaban J connectivity index is 1.63. The van der Waals surface area contributed by atoms with Gasteiger partial charge in [0.2, 0.25) is 10.0 Å². The molecule has 0 saturated carbocycles. The van der Waals surface area contributed by atoms with Crippen molar-refractivity contribution in [1.82, 2.24) is 9.29 Å². The Kier molecular flexibility index (Phi) is 6.30. The van der Waals surface area contributed by atoms with Gasteiger partial charge < -0.3 is 14.2 Å². The number of hydrogen-bond donors (Lipinski definition) is 0. The number of aryl methyl sites for hydroxylation is 1. The van der Waals surface area contributed by atoms with E-state index in [0.29, 0.717) is 44.2 Å². The lowest BCUT2D eigenvalue weighted by molar-refractivity contribution is 0.146. The number of aromatic nitrogens is 1. The first kappa shape index (κ1) is 19.6. The van der Waals surface area contributed by atoms with Crippen molar-refractivity contribution in [3.8, 4) is 11.5 Å². The predicted octanol–water partition coefficient (Wildman–Crippen LogP) is 2.26. The first-order chi connectivity index (χ1) is 13.0. The summed E-state index contributed by atoms with van der Waals surface area (Å²) in [5, 5.41) is 0. The zero-order valence-corrected chi connectivity index (χ0v) is 16.3. The number of sulfonamides is 1. The van der Waals surface area contributed by atoms with Crippen molar-refractivity contribution in [2.45, 2.75) is 24.3 Å². The second-order valence-corrected chi connectivity index (χ2v) is 8.23. The molecule has 0 unspecified atom stereocenters. The number of benzene rings is 1. The van der Waals surface area contributed by atoms with Crippen molar-refractivity contribution in [3.63, 3.8) is 0 Å². The maximum atomic E-state index is 12.9. The molecule has 0 aliphatic carbocycles. The summed E-state index contributed by atoms with van der Waals surface area (Å²) in [5.41, 5.74) is 0.794. The lowest BCUT2D eigenvalue weighted by atomic mass is 10.3. The van der Waals surface area contributed by atoms with E-state index in [1.807, 2.05) is 19.1 Å². The Labute approximate surface area is 159 Å². The van der Waals surface area contributed by atoms with E-state index in [1.54, 1.807) is 37.6 Å². The van der Waals surface area contributed by atoms with E-state index < -0.39 is 10.0 Å². The SMILES string of the molecule is COCCOc1ccc(S(=O)(=O)N2CC[C@H](Oc3cccnc3C)C2)cc1. The van der Waals surface area contributed by atoms with E-state index in [4.69, 9.17) is 14.2 Å². The van der Waals surface area contributed by atoms with E-state index >= 15 is 0 Å². The Morgan fingerprint density at radius 2 is 1.96 bits per heavy atom. The molecule has 1 aromatic heterocycles. The largest absolute Gasteiger partial charge is 0.491 e. The average Bonchev–Trinajstić information content (AvgIpc) is 3.14. The highest BCUT2D eigenvalue weighted by atomic mass is 32.2. The third kappa shape index (κ3) is 4.77. The van der Waals surface area contributed by atoms with E-state index in [9.17, 15) is 8.42 Å². The van der Waals surface area contributed by atoms with Crippen LogP contribution in [0.1, 0.15) is 12.1 Å². The number of rotatable bonds is 8. The number of pyridine rings is 1. The van der Waals surface area contributed by atoms with Gasteiger partial charge in [-0.2, -0.15) is 4.31 Å². The van der Waals surface area contributed by atoms with Crippen LogP contribution in [0, 0.1) is 6.92 Å². The van der Waals surface area contributed by atoms with Crippen LogP contribution in [0.5, 0.6) is 11.5 Å². The highest BCUT2D eigenvalue weighted by molar-refractivity contribution is 7.89. The molecule has 1 fully saturated rings. The minimum atomic E-state index is -3.56. The summed E-state index contributed by atoms with van der Waals surface area (Å²) in [5.74, 6) is 1.31. The molecule has 1 aliphatic heterocycles. The number of methoxy groups -OCH3 is 1. The van der Waals surface area contributed by atoms with Gasteiger partial charge in [0.1, 0.15) is 24.2 Å². The van der Waals surface area contributed by atoms with Gasteiger partial charge in [-0.3, -0.25) is 4.98 Å². The molecule has 0 spiro atoms. The van der Waals surface area contributed by atoms with Gasteiger partial charge in [0, 0.05) is 19.9 Å². The van der Waals surface area contributed by atoms with Gasteiger partial charge in [0.05, 0.1) is 23.7 Å². The highest BCUT2D eigenvalue weighted by Gasteiger charge is 2.33. The molecule has 3 rings (SSSR count). The molecule has 1 saturated heterocycles. The first-order valence-electron chi connectivity index (χ1n) is 8.81. The minimum Gasteiger partial charge on any atom is -0.491 e. The quantitative estimate of drug-likeness (QED) is 0.641. The second-order valence-electron chi connectivity index (χ2n) is 6.29. The van der Waals surface area contributed by atoms with Crippen LogP contribution in [0.25, 0.3) is 0 Å². The fourth-order valence-corrected chi connectivity index (χ4v) is 4.37. The minimum absolute atomic E-state index is 0.181. The average molecular weight is 392 g/mol. The summed E-state index contributed by atoms with van der Waals surface area (Å²) in [6, 6.07) is 10.1. The van der Waals surface area contributed by atoms with Crippen LogP contribution in [-0.2, 0) is 14.8 Å². The molecule has 1 aliphatic rings. The van der Waals surface area contributed by atoms with E-state index in [0.717, 1.165) is 5.69 Å². The van der Waals surface area contributed by atoms with E-state index in [2.05, 4.69) is 4.98 Å². The van der Waals surface area contributed by atoms with Crippen molar-refractivity contribution < 1.29 is 22.6 Å². The van der Waals surface area contributed by atoms with Crippen molar-refractivity contribution in [2.75, 3.05) is 33.4 Å². The fraction of sp³-hybridized carbons (Fsp3) is 0.421. The van der Waals surface area contributed by atoms with Crippen LogP contribution in [-0.4, -0.2) is 57.2 Å². The second kappa shape index (κ2) is 8.69. The Hall–Kier alpha value is -2.16. The van der Waals surface area contributed by atoms with Gasteiger partial charge in [0.25, 0.3) is 0 Å². The zero-order valence-electron chi connectivity index (χ0n) is 15.5. The topological polar surface area (TPSA) is 78.0 Å². The lowest BCUT2D eigenvalue weighted by Gasteiger charge is -2.18. The molecular weight excluding hydrogens is 368 g/mol. The first-order valence-corrected chi connectivity index (χ1v) is 10.2. The predicted molar refractivity (Wildman–Crippen MR) is 101 cm³/mol. The van der Waals surface area contributed by atoms with E-state index in [1.165, 1.54) is 4.31 Å². The molecule has 146 valence electrons. The molecule has 7 nitrogen and oxygen atoms in total. The zero-order chi connectivity index (χ0) is 19.3. The van der Waals surface area contributed by atoms with Gasteiger partial charge >= 0.3 is 0 Å².